The number of carbonyl (C=O) groups excluding carboxylic acids is 7. The Labute approximate surface area is 138 Å². The van der Waals surface area contributed by atoms with Gasteiger partial charge in [0.2, 0.25) is 17.3 Å². The van der Waals surface area contributed by atoms with Gasteiger partial charge in [-0.3, -0.25) is 14.4 Å². The zero-order chi connectivity index (χ0) is 19.6. The molecule has 2 N–H and O–H groups in total. The number of esters is 1. The average Bonchev–Trinajstić information content (AvgIpc) is 2.55. The lowest BCUT2D eigenvalue weighted by atomic mass is 10.4. The second-order valence-corrected chi connectivity index (χ2v) is 3.81. The van der Waals surface area contributed by atoms with E-state index in [1.807, 2.05) is 0 Å². The molecule has 0 aromatic carbocycles. The number of ketones is 2. The molecule has 13 nitrogen and oxygen atoms in total. The summed E-state index contributed by atoms with van der Waals surface area (Å²) in [5.74, 6) is -11.0. The third-order valence-electron chi connectivity index (χ3n) is 1.81. The second kappa shape index (κ2) is 10.2. The predicted molar refractivity (Wildman–Crippen MR) is 69.0 cm³/mol. The summed E-state index contributed by atoms with van der Waals surface area (Å²) in [6.07, 6.45) is 0.158. The van der Waals surface area contributed by atoms with E-state index in [1.165, 1.54) is 0 Å². The number of carbonyl (C=O) groups is 7. The van der Waals surface area contributed by atoms with Crippen LogP contribution in [-0.2, 0) is 57.8 Å². The van der Waals surface area contributed by atoms with Crippen molar-refractivity contribution in [1.29, 1.82) is 0 Å². The molecule has 0 bridgehead atoms. The lowest BCUT2D eigenvalue weighted by Gasteiger charge is -2.06. The van der Waals surface area contributed by atoms with Crippen molar-refractivity contribution in [3.63, 3.8) is 0 Å². The fraction of sp³-hybridized carbons (Fsp3) is 0.250. The maximum absolute atomic E-state index is 11.5. The first-order valence-electron chi connectivity index (χ1n) is 6.08. The number of nitrogens with two attached hydrogens (primary N) is 1. The van der Waals surface area contributed by atoms with Crippen LogP contribution in [0.3, 0.4) is 0 Å². The van der Waals surface area contributed by atoms with Gasteiger partial charge in [-0.25, -0.2) is 38.7 Å². The van der Waals surface area contributed by atoms with Crippen LogP contribution < -0.4 is 5.73 Å². The topological polar surface area (TPSA) is 192 Å². The molecule has 25 heavy (non-hydrogen) atoms. The van der Waals surface area contributed by atoms with Crippen LogP contribution in [0.4, 0.5) is 0 Å². The van der Waals surface area contributed by atoms with Gasteiger partial charge in [-0.15, -0.1) is 0 Å². The third kappa shape index (κ3) is 8.56. The molecule has 0 saturated carbocycles. The number of hydrogen-bond donors (Lipinski definition) is 1. The van der Waals surface area contributed by atoms with Gasteiger partial charge in [0, 0.05) is 13.8 Å². The molecule has 0 atom stereocenters. The minimum Gasteiger partial charge on any atom is -0.417 e. The Kier molecular flexibility index (Phi) is 8.74. The molecule has 0 rings (SSSR count). The maximum Gasteiger partial charge on any atom is 0.421 e. The van der Waals surface area contributed by atoms with Crippen molar-refractivity contribution in [3.05, 3.63) is 11.8 Å². The van der Waals surface area contributed by atoms with Gasteiger partial charge in [0.1, 0.15) is 0 Å². The molecule has 0 aliphatic heterocycles. The lowest BCUT2D eigenvalue weighted by molar-refractivity contribution is -0.256. The summed E-state index contributed by atoms with van der Waals surface area (Å²) >= 11 is 0. The summed E-state index contributed by atoms with van der Waals surface area (Å²) in [6, 6.07) is 0. The molecule has 0 aromatic heterocycles. The Morgan fingerprint density at radius 3 is 1.64 bits per heavy atom. The first-order chi connectivity index (χ1) is 11.6. The molecule has 0 spiro atoms. The van der Waals surface area contributed by atoms with E-state index in [1.54, 1.807) is 0 Å². The van der Waals surface area contributed by atoms with Crippen LogP contribution in [-0.4, -0.2) is 48.0 Å². The highest BCUT2D eigenvalue weighted by Gasteiger charge is 2.24. The smallest absolute Gasteiger partial charge is 0.417 e. The maximum atomic E-state index is 11.5. The molecule has 136 valence electrons. The van der Waals surface area contributed by atoms with Gasteiger partial charge in [0.05, 0.1) is 12.6 Å². The van der Waals surface area contributed by atoms with Gasteiger partial charge in [-0.2, -0.15) is 0 Å². The number of rotatable bonds is 6. The van der Waals surface area contributed by atoms with E-state index in [9.17, 15) is 33.6 Å². The Hall–Kier alpha value is -3.61. The van der Waals surface area contributed by atoms with E-state index in [4.69, 9.17) is 5.73 Å². The highest BCUT2D eigenvalue weighted by molar-refractivity contribution is 6.32. The standard InChI is InChI=1S/C12H11NO12/c1-5(14)10(18)23-22-8(16)3-7(21-9(17)4-13)12(20)25-24-11(19)6(2)15/h3H,4,13H2,1-2H3/b7-3-. The average molecular weight is 361 g/mol. The fourth-order valence-electron chi connectivity index (χ4n) is 0.738. The molecule has 0 radical (unpaired) electrons. The fourth-order valence-corrected chi connectivity index (χ4v) is 0.738. The van der Waals surface area contributed by atoms with Crippen molar-refractivity contribution in [2.45, 2.75) is 13.8 Å². The van der Waals surface area contributed by atoms with Gasteiger partial charge >= 0.3 is 29.8 Å². The Morgan fingerprint density at radius 1 is 0.760 bits per heavy atom. The van der Waals surface area contributed by atoms with Crippen LogP contribution in [0.25, 0.3) is 0 Å². The first-order valence-corrected chi connectivity index (χ1v) is 6.08. The predicted octanol–water partition coefficient (Wildman–Crippen LogP) is -2.45. The molecule has 0 unspecified atom stereocenters. The van der Waals surface area contributed by atoms with Crippen LogP contribution in [0.5, 0.6) is 0 Å². The molecule has 0 aliphatic rings. The van der Waals surface area contributed by atoms with Crippen molar-refractivity contribution >= 4 is 41.4 Å². The van der Waals surface area contributed by atoms with Crippen molar-refractivity contribution in [2.24, 2.45) is 5.73 Å². The second-order valence-electron chi connectivity index (χ2n) is 3.81. The summed E-state index contributed by atoms with van der Waals surface area (Å²) in [5, 5.41) is 0. The zero-order valence-corrected chi connectivity index (χ0v) is 12.8. The van der Waals surface area contributed by atoms with Gasteiger partial charge in [0.15, 0.2) is 0 Å². The third-order valence-corrected chi connectivity index (χ3v) is 1.81. The van der Waals surface area contributed by atoms with Crippen molar-refractivity contribution < 1.29 is 57.8 Å². The Morgan fingerprint density at radius 2 is 1.20 bits per heavy atom. The van der Waals surface area contributed by atoms with Gasteiger partial charge in [0.25, 0.3) is 0 Å². The van der Waals surface area contributed by atoms with Crippen LogP contribution in [0, 0.1) is 0 Å². The molecule has 0 aromatic rings. The summed E-state index contributed by atoms with van der Waals surface area (Å²) in [6.45, 7) is 0.912. The summed E-state index contributed by atoms with van der Waals surface area (Å²) in [5.41, 5.74) is 4.94. The SMILES string of the molecule is CC(=O)C(=O)OOC(=O)/C=C(\OC(=O)CN)C(=O)OOC(=O)C(C)=O. The van der Waals surface area contributed by atoms with E-state index >= 15 is 0 Å². The van der Waals surface area contributed by atoms with Crippen molar-refractivity contribution in [1.82, 2.24) is 0 Å². The lowest BCUT2D eigenvalue weighted by Crippen LogP contribution is -2.24. The quantitative estimate of drug-likeness (QED) is 0.131. The van der Waals surface area contributed by atoms with Crippen LogP contribution in [0.2, 0.25) is 0 Å². The van der Waals surface area contributed by atoms with Crippen molar-refractivity contribution in [2.75, 3.05) is 6.54 Å². The molecule has 0 saturated heterocycles. The van der Waals surface area contributed by atoms with E-state index < -0.39 is 53.7 Å². The molecule has 0 heterocycles. The van der Waals surface area contributed by atoms with Gasteiger partial charge in [-0.05, 0) is 0 Å². The molecule has 13 heteroatoms. The minimum atomic E-state index is -1.70. The summed E-state index contributed by atoms with van der Waals surface area (Å²) in [7, 11) is 0. The van der Waals surface area contributed by atoms with Crippen LogP contribution in [0.15, 0.2) is 11.8 Å². The first kappa shape index (κ1) is 21.4. The molecule has 0 fully saturated rings. The highest BCUT2D eigenvalue weighted by Crippen LogP contribution is 2.04. The summed E-state index contributed by atoms with van der Waals surface area (Å²) in [4.78, 5) is 92.0. The summed E-state index contributed by atoms with van der Waals surface area (Å²) < 4.78 is 4.32. The largest absolute Gasteiger partial charge is 0.421 e. The zero-order valence-electron chi connectivity index (χ0n) is 12.8. The van der Waals surface area contributed by atoms with Crippen LogP contribution >= 0.6 is 0 Å². The highest BCUT2D eigenvalue weighted by atomic mass is 17.2. The number of ether oxygens (including phenoxy) is 1. The Balaban J connectivity index is 5.04. The van der Waals surface area contributed by atoms with E-state index in [0.717, 1.165) is 13.8 Å². The molecular formula is C12H11NO12. The number of Topliss-reactive ketones (excluding diaryl/α,β-unsaturated/α-hetero) is 2. The monoisotopic (exact) mass is 361 g/mol. The van der Waals surface area contributed by atoms with Crippen molar-refractivity contribution in [3.8, 4) is 0 Å². The Bertz CT molecular complexity index is 646. The van der Waals surface area contributed by atoms with E-state index in [-0.39, 0.29) is 6.08 Å². The number of hydrogen-bond acceptors (Lipinski definition) is 13. The van der Waals surface area contributed by atoms with Gasteiger partial charge < -0.3 is 10.5 Å². The van der Waals surface area contributed by atoms with E-state index in [0.29, 0.717) is 0 Å². The van der Waals surface area contributed by atoms with Gasteiger partial charge in [-0.1, -0.05) is 0 Å². The minimum absolute atomic E-state index is 0.158. The van der Waals surface area contributed by atoms with Crippen LogP contribution in [0.1, 0.15) is 13.8 Å². The molecule has 0 amide bonds. The van der Waals surface area contributed by atoms with E-state index in [2.05, 4.69) is 24.3 Å². The normalized spacial score (nSPS) is 10.1. The molecular weight excluding hydrogens is 350 g/mol. The molecule has 0 aliphatic carbocycles.